The average Bonchev–Trinajstić information content (AvgIpc) is 2.10. The third-order valence-electron chi connectivity index (χ3n) is 1.86. The van der Waals surface area contributed by atoms with E-state index >= 15 is 0 Å². The number of aldehydes is 1. The monoisotopic (exact) mass is 181 g/mol. The molecule has 0 saturated carbocycles. The van der Waals surface area contributed by atoms with E-state index in [0.29, 0.717) is 0 Å². The van der Waals surface area contributed by atoms with Crippen LogP contribution in [-0.2, 0) is 4.79 Å². The highest BCUT2D eigenvalue weighted by Gasteiger charge is 2.00. The number of nitrogens with two attached hydrogens (primary N) is 1. The number of allylic oxidation sites excluding steroid dienone is 4. The molecule has 0 aromatic carbocycles. The summed E-state index contributed by atoms with van der Waals surface area (Å²) < 4.78 is 0. The van der Waals surface area contributed by atoms with Crippen molar-refractivity contribution in [3.63, 3.8) is 0 Å². The highest BCUT2D eigenvalue weighted by atomic mass is 16.1. The van der Waals surface area contributed by atoms with E-state index < -0.39 is 0 Å². The molecular weight excluding hydrogens is 162 g/mol. The van der Waals surface area contributed by atoms with Crippen LogP contribution in [0.25, 0.3) is 0 Å². The van der Waals surface area contributed by atoms with Crippen LogP contribution >= 0.6 is 0 Å². The maximum Gasteiger partial charge on any atom is 0.146 e. The minimum absolute atomic E-state index is 0.757. The van der Waals surface area contributed by atoms with Gasteiger partial charge in [0.2, 0.25) is 0 Å². The first kappa shape index (κ1) is 11.9. The van der Waals surface area contributed by atoms with Crippen molar-refractivity contribution in [3.05, 3.63) is 22.9 Å². The molecule has 0 bridgehead atoms. The Hall–Kier alpha value is -1.05. The Morgan fingerprint density at radius 1 is 1.31 bits per heavy atom. The van der Waals surface area contributed by atoms with Crippen LogP contribution in [0.4, 0.5) is 0 Å². The Balaban J connectivity index is 4.82. The van der Waals surface area contributed by atoms with E-state index in [9.17, 15) is 4.79 Å². The van der Waals surface area contributed by atoms with Crippen molar-refractivity contribution < 1.29 is 4.79 Å². The van der Waals surface area contributed by atoms with Gasteiger partial charge in [-0.3, -0.25) is 4.79 Å². The highest BCUT2D eigenvalue weighted by molar-refractivity contribution is 5.75. The molecule has 2 heteroatoms. The lowest BCUT2D eigenvalue weighted by Gasteiger charge is -2.04. The summed E-state index contributed by atoms with van der Waals surface area (Å²) in [7, 11) is 0. The zero-order valence-corrected chi connectivity index (χ0v) is 8.76. The van der Waals surface area contributed by atoms with Gasteiger partial charge in [-0.1, -0.05) is 20.3 Å². The Morgan fingerprint density at radius 2 is 1.92 bits per heavy atom. The summed E-state index contributed by atoms with van der Waals surface area (Å²) in [5, 5.41) is 0. The highest BCUT2D eigenvalue weighted by Crippen LogP contribution is 2.14. The molecule has 74 valence electrons. The average molecular weight is 181 g/mol. The summed E-state index contributed by atoms with van der Waals surface area (Å²) in [5.74, 6) is 0. The number of carbonyl (C=O) groups is 1. The number of hydrogen-bond acceptors (Lipinski definition) is 2. The molecule has 0 aromatic heterocycles. The van der Waals surface area contributed by atoms with E-state index in [1.807, 2.05) is 19.9 Å². The fourth-order valence-corrected chi connectivity index (χ4v) is 1.26. The van der Waals surface area contributed by atoms with Gasteiger partial charge in [-0.05, 0) is 37.0 Å². The Kier molecular flexibility index (Phi) is 5.94. The van der Waals surface area contributed by atoms with Crippen molar-refractivity contribution in [3.8, 4) is 0 Å². The van der Waals surface area contributed by atoms with Crippen molar-refractivity contribution in [2.75, 3.05) is 0 Å². The van der Waals surface area contributed by atoms with Crippen molar-refractivity contribution in [2.24, 2.45) is 5.73 Å². The van der Waals surface area contributed by atoms with E-state index in [4.69, 9.17) is 5.73 Å². The van der Waals surface area contributed by atoms with E-state index in [2.05, 4.69) is 6.92 Å². The quantitative estimate of drug-likeness (QED) is 0.402. The lowest BCUT2D eigenvalue weighted by Crippen LogP contribution is -1.96. The lowest BCUT2D eigenvalue weighted by atomic mass is 10.0. The third kappa shape index (κ3) is 4.51. The van der Waals surface area contributed by atoms with Crippen LogP contribution in [0, 0.1) is 0 Å². The van der Waals surface area contributed by atoms with Crippen LogP contribution in [0.5, 0.6) is 0 Å². The van der Waals surface area contributed by atoms with Crippen molar-refractivity contribution in [1.29, 1.82) is 0 Å². The molecule has 0 fully saturated rings. The molecule has 0 aromatic rings. The molecule has 0 amide bonds. The van der Waals surface area contributed by atoms with Crippen LogP contribution in [0.2, 0.25) is 0 Å². The van der Waals surface area contributed by atoms with Crippen molar-refractivity contribution in [1.82, 2.24) is 0 Å². The lowest BCUT2D eigenvalue weighted by molar-refractivity contribution is -0.105. The number of hydrogen-bond donors (Lipinski definition) is 1. The SMILES string of the molecule is CCC/C(C=O)=C(/C=C(\C)N)CC. The minimum atomic E-state index is 0.757. The topological polar surface area (TPSA) is 43.1 Å². The van der Waals surface area contributed by atoms with Crippen molar-refractivity contribution >= 4 is 6.29 Å². The molecule has 0 rings (SSSR count). The van der Waals surface area contributed by atoms with Crippen LogP contribution in [0.15, 0.2) is 22.9 Å². The minimum Gasteiger partial charge on any atom is -0.402 e. The molecule has 0 aliphatic heterocycles. The largest absolute Gasteiger partial charge is 0.402 e. The molecule has 0 aliphatic rings. The first-order valence-electron chi connectivity index (χ1n) is 4.76. The third-order valence-corrected chi connectivity index (χ3v) is 1.86. The molecular formula is C11H19NO. The van der Waals surface area contributed by atoms with Crippen molar-refractivity contribution in [2.45, 2.75) is 40.0 Å². The molecule has 0 aliphatic carbocycles. The molecule has 13 heavy (non-hydrogen) atoms. The summed E-state index contributed by atoms with van der Waals surface area (Å²) >= 11 is 0. The smallest absolute Gasteiger partial charge is 0.146 e. The van der Waals surface area contributed by atoms with Gasteiger partial charge in [-0.25, -0.2) is 0 Å². The van der Waals surface area contributed by atoms with Gasteiger partial charge in [0.05, 0.1) is 0 Å². The molecule has 0 saturated heterocycles. The van der Waals surface area contributed by atoms with E-state index in [0.717, 1.165) is 42.4 Å². The zero-order valence-electron chi connectivity index (χ0n) is 8.76. The summed E-state index contributed by atoms with van der Waals surface area (Å²) in [6.07, 6.45) is 5.54. The van der Waals surface area contributed by atoms with Gasteiger partial charge < -0.3 is 5.73 Å². The van der Waals surface area contributed by atoms with Crippen LogP contribution in [0.1, 0.15) is 40.0 Å². The molecule has 0 radical (unpaired) electrons. The van der Waals surface area contributed by atoms with Gasteiger partial charge in [0.15, 0.2) is 0 Å². The summed E-state index contributed by atoms with van der Waals surface area (Å²) in [6, 6.07) is 0. The maximum absolute atomic E-state index is 10.7. The van der Waals surface area contributed by atoms with Gasteiger partial charge >= 0.3 is 0 Å². The fourth-order valence-electron chi connectivity index (χ4n) is 1.26. The van der Waals surface area contributed by atoms with Gasteiger partial charge in [0.25, 0.3) is 0 Å². The predicted octanol–water partition coefficient (Wildman–Crippen LogP) is 2.55. The second-order valence-electron chi connectivity index (χ2n) is 3.16. The fraction of sp³-hybridized carbons (Fsp3) is 0.545. The van der Waals surface area contributed by atoms with E-state index in [1.54, 1.807) is 0 Å². The number of carbonyl (C=O) groups excluding carboxylic acids is 1. The Labute approximate surface area is 80.5 Å². The Morgan fingerprint density at radius 3 is 2.23 bits per heavy atom. The summed E-state index contributed by atoms with van der Waals surface area (Å²) in [6.45, 7) is 5.94. The molecule has 0 heterocycles. The molecule has 0 atom stereocenters. The standard InChI is InChI=1S/C11H19NO/c1-4-6-11(8-13)10(5-2)7-9(3)12/h7-8H,4-6,12H2,1-3H3/b9-7+,11-10-. The zero-order chi connectivity index (χ0) is 10.3. The summed E-state index contributed by atoms with van der Waals surface area (Å²) in [5.41, 5.74) is 8.28. The summed E-state index contributed by atoms with van der Waals surface area (Å²) in [4.78, 5) is 10.7. The predicted molar refractivity (Wildman–Crippen MR) is 56.2 cm³/mol. The first-order chi connectivity index (χ1) is 6.15. The van der Waals surface area contributed by atoms with Gasteiger partial charge in [0.1, 0.15) is 6.29 Å². The normalized spacial score (nSPS) is 13.9. The molecule has 2 nitrogen and oxygen atoms in total. The van der Waals surface area contributed by atoms with E-state index in [-0.39, 0.29) is 0 Å². The molecule has 0 spiro atoms. The molecule has 2 N–H and O–H groups in total. The van der Waals surface area contributed by atoms with Gasteiger partial charge in [-0.2, -0.15) is 0 Å². The van der Waals surface area contributed by atoms with Crippen LogP contribution in [0.3, 0.4) is 0 Å². The van der Waals surface area contributed by atoms with Gasteiger partial charge in [0, 0.05) is 5.70 Å². The second-order valence-corrected chi connectivity index (χ2v) is 3.16. The second kappa shape index (κ2) is 6.46. The molecule has 0 unspecified atom stereocenters. The first-order valence-corrected chi connectivity index (χ1v) is 4.76. The van der Waals surface area contributed by atoms with Gasteiger partial charge in [-0.15, -0.1) is 0 Å². The van der Waals surface area contributed by atoms with E-state index in [1.165, 1.54) is 0 Å². The Bertz CT molecular complexity index is 222. The van der Waals surface area contributed by atoms with Crippen LogP contribution in [-0.4, -0.2) is 6.29 Å². The number of rotatable bonds is 5. The maximum atomic E-state index is 10.7. The van der Waals surface area contributed by atoms with Crippen LogP contribution < -0.4 is 5.73 Å².